The van der Waals surface area contributed by atoms with E-state index in [-0.39, 0.29) is 44.8 Å². The fraction of sp³-hybridized carbons (Fsp3) is 0.545. The maximum Gasteiger partial charge on any atom is 0.407 e. The van der Waals surface area contributed by atoms with Crippen molar-refractivity contribution >= 4 is 46.4 Å². The van der Waals surface area contributed by atoms with Gasteiger partial charge in [-0.2, -0.15) is 0 Å². The Morgan fingerprint density at radius 1 is 1.28 bits per heavy atom. The first-order valence-electron chi connectivity index (χ1n) is 16.0. The minimum Gasteiger partial charge on any atom is -0.488 e. The number of rotatable bonds is 9. The zero-order valence-electron chi connectivity index (χ0n) is 26.2. The summed E-state index contributed by atoms with van der Waals surface area (Å²) in [5, 5.41) is 16.6. The third kappa shape index (κ3) is 8.06. The largest absolute Gasteiger partial charge is 0.488 e. The van der Waals surface area contributed by atoms with Gasteiger partial charge < -0.3 is 34.9 Å². The van der Waals surface area contributed by atoms with Crippen LogP contribution in [-0.4, -0.2) is 89.0 Å². The molecule has 254 valence electrons. The molecule has 2 aliphatic heterocycles. The summed E-state index contributed by atoms with van der Waals surface area (Å²) >= 11 is 6.44. The highest BCUT2D eigenvalue weighted by atomic mass is 35.5. The van der Waals surface area contributed by atoms with E-state index >= 15 is 0 Å². The lowest BCUT2D eigenvalue weighted by molar-refractivity contribution is -0.145. The Labute approximate surface area is 276 Å². The summed E-state index contributed by atoms with van der Waals surface area (Å²) in [7, 11) is 0. The molecular formula is C33H40ClFN4O8. The summed E-state index contributed by atoms with van der Waals surface area (Å²) in [6.45, 7) is 1.50. The number of para-hydroxylation sites is 1. The van der Waals surface area contributed by atoms with E-state index in [1.807, 2.05) is 19.1 Å². The molecule has 0 spiro atoms. The zero-order chi connectivity index (χ0) is 33.6. The van der Waals surface area contributed by atoms with Crippen LogP contribution in [0.5, 0.6) is 11.6 Å². The van der Waals surface area contributed by atoms with Gasteiger partial charge in [0.2, 0.25) is 17.7 Å². The number of hydrogen-bond acceptors (Lipinski definition) is 8. The molecule has 1 aliphatic carbocycles. The van der Waals surface area contributed by atoms with E-state index in [4.69, 9.17) is 25.8 Å². The highest BCUT2D eigenvalue weighted by Gasteiger charge is 2.61. The number of carbonyl (C=O) groups is 4. The minimum absolute atomic E-state index is 0.0301. The molecule has 14 heteroatoms. The van der Waals surface area contributed by atoms with Crippen molar-refractivity contribution in [3.8, 4) is 11.6 Å². The van der Waals surface area contributed by atoms with Gasteiger partial charge in [-0.15, -0.1) is 0 Å². The van der Waals surface area contributed by atoms with Crippen LogP contribution in [0.3, 0.4) is 0 Å². The molecule has 3 N–H and O–H groups in total. The molecule has 47 heavy (non-hydrogen) atoms. The predicted molar refractivity (Wildman–Crippen MR) is 170 cm³/mol. The van der Waals surface area contributed by atoms with Crippen LogP contribution in [0.15, 0.2) is 36.4 Å². The van der Waals surface area contributed by atoms with E-state index in [1.165, 1.54) is 4.90 Å². The van der Waals surface area contributed by atoms with Gasteiger partial charge in [-0.25, -0.2) is 14.6 Å². The Morgan fingerprint density at radius 2 is 2.11 bits per heavy atom. The maximum absolute atomic E-state index is 13.9. The van der Waals surface area contributed by atoms with Gasteiger partial charge in [-0.1, -0.05) is 36.2 Å². The smallest absolute Gasteiger partial charge is 0.407 e. The van der Waals surface area contributed by atoms with Crippen LogP contribution in [0.1, 0.15) is 58.3 Å². The molecule has 3 heterocycles. The maximum atomic E-state index is 13.9. The Bertz CT molecular complexity index is 1520. The molecule has 0 radical (unpaired) electrons. The second-order valence-corrected chi connectivity index (χ2v) is 12.5. The van der Waals surface area contributed by atoms with Gasteiger partial charge in [0.05, 0.1) is 37.0 Å². The standard InChI is InChI=1S/C33H40ClFN4O8/c1-2-45-27-17-26(23-11-7-12-24(34)29(23)37-27)47-22-16-25-30(41)38-33(31(42)43)18-20(33)9-5-3-4-6-10-21(15-28(40)39(25)19-22)36-32(44)46-14-8-13-35/h5,7,9,11-12,17,20-22,25H,2-4,6,8,10,13-16,18-19H2,1H3,(H,36,44)(H,38,41)(H,42,43)/b9-5-/t20-,21-,22+,25-,33+/m0/s1. The van der Waals surface area contributed by atoms with Crippen LogP contribution in [0.2, 0.25) is 5.02 Å². The Hall–Kier alpha value is -4.13. The number of hydrogen-bond donors (Lipinski definition) is 3. The van der Waals surface area contributed by atoms with Crippen molar-refractivity contribution in [1.82, 2.24) is 20.5 Å². The highest BCUT2D eigenvalue weighted by Crippen LogP contribution is 2.45. The van der Waals surface area contributed by atoms with Gasteiger partial charge in [0.1, 0.15) is 23.4 Å². The molecule has 1 aromatic carbocycles. The van der Waals surface area contributed by atoms with E-state index in [0.717, 1.165) is 6.42 Å². The molecule has 1 saturated carbocycles. The SMILES string of the molecule is CCOc1cc(O[C@@H]2C[C@H]3C(=O)N[C@]4(C(=O)O)C[C@@H]4/C=C\CCCC[C@H](NC(=O)OCCCF)CC(=O)N3C2)c2cccc(Cl)c2n1. The number of alkyl halides is 1. The van der Waals surface area contributed by atoms with Crippen molar-refractivity contribution in [3.63, 3.8) is 0 Å². The summed E-state index contributed by atoms with van der Waals surface area (Å²) in [5.74, 6) is -1.80. The normalized spacial score (nSPS) is 27.0. The van der Waals surface area contributed by atoms with Gasteiger partial charge in [-0.3, -0.25) is 14.0 Å². The van der Waals surface area contributed by atoms with Crippen LogP contribution in [0.4, 0.5) is 9.18 Å². The first-order valence-corrected chi connectivity index (χ1v) is 16.4. The molecule has 1 aromatic heterocycles. The number of nitrogens with one attached hydrogen (secondary N) is 2. The summed E-state index contributed by atoms with van der Waals surface area (Å²) in [6, 6.07) is 5.26. The van der Waals surface area contributed by atoms with Crippen LogP contribution >= 0.6 is 11.6 Å². The number of carbonyl (C=O) groups excluding carboxylic acids is 3. The summed E-state index contributed by atoms with van der Waals surface area (Å²) < 4.78 is 29.6. The lowest BCUT2D eigenvalue weighted by Gasteiger charge is -2.27. The van der Waals surface area contributed by atoms with E-state index in [1.54, 1.807) is 24.3 Å². The summed E-state index contributed by atoms with van der Waals surface area (Å²) in [5.41, 5.74) is -0.973. The molecule has 2 aromatic rings. The molecule has 5 rings (SSSR count). The average molecular weight is 675 g/mol. The predicted octanol–water partition coefficient (Wildman–Crippen LogP) is 4.57. The molecule has 0 bridgehead atoms. The Kier molecular flexibility index (Phi) is 11.1. The molecule has 12 nitrogen and oxygen atoms in total. The first-order chi connectivity index (χ1) is 22.6. The number of allylic oxidation sites excluding steroid dienone is 1. The number of alkyl carbamates (subject to hydrolysis) is 1. The number of ether oxygens (including phenoxy) is 3. The third-order valence-electron chi connectivity index (χ3n) is 8.74. The van der Waals surface area contributed by atoms with Crippen LogP contribution < -0.4 is 20.1 Å². The highest BCUT2D eigenvalue weighted by molar-refractivity contribution is 6.35. The van der Waals surface area contributed by atoms with Crippen LogP contribution in [-0.2, 0) is 19.1 Å². The molecule has 1 saturated heterocycles. The second kappa shape index (κ2) is 15.2. The van der Waals surface area contributed by atoms with Gasteiger partial charge in [0.15, 0.2) is 0 Å². The monoisotopic (exact) mass is 674 g/mol. The van der Waals surface area contributed by atoms with Crippen molar-refractivity contribution < 1.29 is 42.9 Å². The number of carboxylic acid groups (broad SMARTS) is 1. The van der Waals surface area contributed by atoms with Crippen molar-refractivity contribution in [2.75, 3.05) is 26.4 Å². The topological polar surface area (TPSA) is 156 Å². The van der Waals surface area contributed by atoms with Gasteiger partial charge in [0.25, 0.3) is 0 Å². The number of pyridine rings is 1. The van der Waals surface area contributed by atoms with E-state index < -0.39 is 54.3 Å². The fourth-order valence-corrected chi connectivity index (χ4v) is 6.44. The first kappa shape index (κ1) is 34.2. The molecular weight excluding hydrogens is 635 g/mol. The number of amides is 3. The quantitative estimate of drug-likeness (QED) is 0.256. The van der Waals surface area contributed by atoms with Crippen molar-refractivity contribution in [3.05, 3.63) is 41.4 Å². The van der Waals surface area contributed by atoms with Gasteiger partial charge in [0, 0.05) is 42.7 Å². The number of aliphatic carboxylic acids is 1. The van der Waals surface area contributed by atoms with Crippen molar-refractivity contribution in [2.45, 2.75) is 82.0 Å². The van der Waals surface area contributed by atoms with Gasteiger partial charge >= 0.3 is 12.1 Å². The molecule has 3 amide bonds. The van der Waals surface area contributed by atoms with Crippen molar-refractivity contribution in [1.29, 1.82) is 0 Å². The molecule has 0 unspecified atom stereocenters. The minimum atomic E-state index is -1.45. The lowest BCUT2D eigenvalue weighted by Crippen LogP contribution is -2.53. The average Bonchev–Trinajstić information content (AvgIpc) is 3.56. The van der Waals surface area contributed by atoms with Gasteiger partial charge in [-0.05, 0) is 44.7 Å². The number of nitrogens with zero attached hydrogens (tertiary/aromatic N) is 2. The number of carboxylic acids is 1. The van der Waals surface area contributed by atoms with E-state index in [0.29, 0.717) is 53.4 Å². The number of aromatic nitrogens is 1. The summed E-state index contributed by atoms with van der Waals surface area (Å²) in [6.07, 6.45) is 5.19. The zero-order valence-corrected chi connectivity index (χ0v) is 27.0. The summed E-state index contributed by atoms with van der Waals surface area (Å²) in [4.78, 5) is 58.4. The van der Waals surface area contributed by atoms with E-state index in [2.05, 4.69) is 15.6 Å². The molecule has 2 fully saturated rings. The number of benzene rings is 1. The Balaban J connectivity index is 1.42. The van der Waals surface area contributed by atoms with Crippen molar-refractivity contribution in [2.24, 2.45) is 5.92 Å². The number of halogens is 2. The van der Waals surface area contributed by atoms with Crippen LogP contribution in [0.25, 0.3) is 10.9 Å². The third-order valence-corrected chi connectivity index (χ3v) is 9.04. The fourth-order valence-electron chi connectivity index (χ4n) is 6.23. The number of fused-ring (bicyclic) bond motifs is 3. The molecule has 3 aliphatic rings. The molecule has 5 atom stereocenters. The van der Waals surface area contributed by atoms with E-state index in [9.17, 15) is 28.7 Å². The second-order valence-electron chi connectivity index (χ2n) is 12.1. The Morgan fingerprint density at radius 3 is 2.87 bits per heavy atom. The lowest BCUT2D eigenvalue weighted by atomic mass is 10.0. The van der Waals surface area contributed by atoms with Crippen LogP contribution in [0, 0.1) is 5.92 Å².